The number of nitrogens with zero attached hydrogens (tertiary/aromatic N) is 4. The third kappa shape index (κ3) is 4.91. The Bertz CT molecular complexity index is 2260. The Morgan fingerprint density at radius 2 is 1.48 bits per heavy atom. The summed E-state index contributed by atoms with van der Waals surface area (Å²) >= 11 is 0. The zero-order valence-corrected chi connectivity index (χ0v) is 27.8. The van der Waals surface area contributed by atoms with Gasteiger partial charge in [-0.15, -0.1) is 0 Å². The fourth-order valence-electron chi connectivity index (χ4n) is 8.10. The fraction of sp³-hybridized carbons (Fsp3) is 0.220. The van der Waals surface area contributed by atoms with Crippen molar-refractivity contribution < 1.29 is 24.3 Å². The number of anilines is 2. The molecule has 0 aromatic heterocycles. The van der Waals surface area contributed by atoms with Gasteiger partial charge in [0, 0.05) is 53.4 Å². The summed E-state index contributed by atoms with van der Waals surface area (Å²) in [6.45, 7) is 1.62. The molecule has 0 saturated carbocycles. The zero-order chi connectivity index (χ0) is 34.8. The summed E-state index contributed by atoms with van der Waals surface area (Å²) in [5, 5.41) is 21.7. The SMILES string of the molecule is CC1=CC(=O)C2=C(CC3C(=CCC4C(=O)N(c5ccc(N=Nc6ccc(N(C)C)cc6)cc5)C(=O)C43)C2c2ccc3ccccc3c2O)C1=O. The van der Waals surface area contributed by atoms with Crippen LogP contribution in [0.1, 0.15) is 31.2 Å². The first-order valence-electron chi connectivity index (χ1n) is 16.7. The lowest BCUT2D eigenvalue weighted by Crippen LogP contribution is -2.39. The van der Waals surface area contributed by atoms with Gasteiger partial charge in [-0.25, -0.2) is 0 Å². The van der Waals surface area contributed by atoms with E-state index < -0.39 is 23.7 Å². The molecule has 3 aliphatic carbocycles. The number of hydrogen-bond donors (Lipinski definition) is 1. The summed E-state index contributed by atoms with van der Waals surface area (Å²) in [7, 11) is 3.93. The van der Waals surface area contributed by atoms with E-state index in [1.165, 1.54) is 11.0 Å². The van der Waals surface area contributed by atoms with Gasteiger partial charge < -0.3 is 10.0 Å². The molecule has 4 aromatic rings. The summed E-state index contributed by atoms with van der Waals surface area (Å²) < 4.78 is 0. The minimum Gasteiger partial charge on any atom is -0.507 e. The Morgan fingerprint density at radius 1 is 0.800 bits per heavy atom. The number of imide groups is 1. The number of carbonyl (C=O) groups is 4. The molecular formula is C41H34N4O5. The van der Waals surface area contributed by atoms with E-state index in [0.29, 0.717) is 51.2 Å². The van der Waals surface area contributed by atoms with Crippen LogP contribution >= 0.6 is 0 Å². The maximum absolute atomic E-state index is 14.3. The van der Waals surface area contributed by atoms with Crippen LogP contribution in [-0.4, -0.2) is 42.6 Å². The Hall–Kier alpha value is -5.96. The molecule has 9 heteroatoms. The van der Waals surface area contributed by atoms with E-state index in [4.69, 9.17) is 0 Å². The number of ketones is 2. The third-order valence-corrected chi connectivity index (χ3v) is 10.6. The summed E-state index contributed by atoms with van der Waals surface area (Å²) in [6.07, 6.45) is 3.81. The van der Waals surface area contributed by atoms with E-state index in [1.54, 1.807) is 37.3 Å². The average molecular weight is 663 g/mol. The van der Waals surface area contributed by atoms with Crippen molar-refractivity contribution in [2.75, 3.05) is 23.9 Å². The second-order valence-corrected chi connectivity index (χ2v) is 13.6. The molecule has 4 aromatic carbocycles. The van der Waals surface area contributed by atoms with E-state index in [2.05, 4.69) is 10.2 Å². The van der Waals surface area contributed by atoms with Crippen LogP contribution in [0.2, 0.25) is 0 Å². The van der Waals surface area contributed by atoms with Gasteiger partial charge in [0.1, 0.15) is 5.75 Å². The first kappa shape index (κ1) is 31.3. The summed E-state index contributed by atoms with van der Waals surface area (Å²) in [6, 6.07) is 25.6. The third-order valence-electron chi connectivity index (χ3n) is 10.6. The minimum atomic E-state index is -0.726. The van der Waals surface area contributed by atoms with Gasteiger partial charge in [-0.05, 0) is 85.7 Å². The Labute approximate surface area is 288 Å². The predicted molar refractivity (Wildman–Crippen MR) is 191 cm³/mol. The molecule has 1 saturated heterocycles. The highest BCUT2D eigenvalue weighted by molar-refractivity contribution is 6.25. The summed E-state index contributed by atoms with van der Waals surface area (Å²) in [4.78, 5) is 58.8. The van der Waals surface area contributed by atoms with Gasteiger partial charge >= 0.3 is 0 Å². The number of Topliss-reactive ketones (excluding diaryl/α,β-unsaturated/α-hetero) is 1. The van der Waals surface area contributed by atoms with Crippen molar-refractivity contribution in [2.24, 2.45) is 28.0 Å². The number of hydrogen-bond acceptors (Lipinski definition) is 8. The van der Waals surface area contributed by atoms with Crippen LogP contribution < -0.4 is 9.80 Å². The lowest BCUT2D eigenvalue weighted by atomic mass is 9.59. The molecule has 4 atom stereocenters. The molecular weight excluding hydrogens is 628 g/mol. The standard InChI is InChI=1S/C41H34N4O5/c1-22-20-34(46)37-33(38(22)47)21-32-29(35(37)30-17-8-23-6-4-5-7-28(23)39(30)48)18-19-31-36(32)41(50)45(40(31)49)27-15-11-25(12-16-27)43-42-24-9-13-26(14-10-24)44(2)3/h4-18,20,31-32,35-36,48H,19,21H2,1-3H3. The number of fused-ring (bicyclic) bond motifs is 4. The second-order valence-electron chi connectivity index (χ2n) is 13.6. The minimum absolute atomic E-state index is 0.0356. The fourth-order valence-corrected chi connectivity index (χ4v) is 8.10. The van der Waals surface area contributed by atoms with Crippen LogP contribution in [0.15, 0.2) is 130 Å². The van der Waals surface area contributed by atoms with Crippen molar-refractivity contribution in [1.82, 2.24) is 0 Å². The van der Waals surface area contributed by atoms with Gasteiger partial charge in [0.05, 0.1) is 28.9 Å². The maximum Gasteiger partial charge on any atom is 0.238 e. The molecule has 1 heterocycles. The molecule has 248 valence electrons. The molecule has 50 heavy (non-hydrogen) atoms. The molecule has 0 bridgehead atoms. The Balaban J connectivity index is 1.13. The van der Waals surface area contributed by atoms with Crippen LogP contribution in [0.5, 0.6) is 5.75 Å². The number of benzene rings is 4. The number of allylic oxidation sites excluding steroid dienone is 6. The van der Waals surface area contributed by atoms with Gasteiger partial charge in [-0.1, -0.05) is 48.0 Å². The van der Waals surface area contributed by atoms with Gasteiger partial charge in [0.2, 0.25) is 11.8 Å². The van der Waals surface area contributed by atoms with Gasteiger partial charge in [-0.2, -0.15) is 10.2 Å². The summed E-state index contributed by atoms with van der Waals surface area (Å²) in [5.41, 5.74) is 5.10. The topological polar surface area (TPSA) is 120 Å². The number of phenolic OH excluding ortho intramolecular Hbond substituents is 1. The zero-order valence-electron chi connectivity index (χ0n) is 27.8. The highest BCUT2D eigenvalue weighted by Crippen LogP contribution is 2.56. The number of azo groups is 1. The predicted octanol–water partition coefficient (Wildman–Crippen LogP) is 7.66. The average Bonchev–Trinajstić information content (AvgIpc) is 3.38. The highest BCUT2D eigenvalue weighted by atomic mass is 16.3. The number of carbonyl (C=O) groups excluding carboxylic acids is 4. The molecule has 8 rings (SSSR count). The summed E-state index contributed by atoms with van der Waals surface area (Å²) in [5.74, 6) is -3.66. The first-order chi connectivity index (χ1) is 24.1. The molecule has 9 nitrogen and oxygen atoms in total. The second kappa shape index (κ2) is 11.9. The maximum atomic E-state index is 14.3. The lowest BCUT2D eigenvalue weighted by molar-refractivity contribution is -0.123. The molecule has 4 aliphatic rings. The molecule has 4 unspecified atom stereocenters. The van der Waals surface area contributed by atoms with Crippen molar-refractivity contribution in [2.45, 2.75) is 25.7 Å². The molecule has 1 aliphatic heterocycles. The van der Waals surface area contributed by atoms with Crippen LogP contribution in [0.25, 0.3) is 10.8 Å². The van der Waals surface area contributed by atoms with E-state index in [-0.39, 0.29) is 35.6 Å². The molecule has 1 N–H and O–H groups in total. The molecule has 0 spiro atoms. The molecule has 2 amide bonds. The van der Waals surface area contributed by atoms with Crippen molar-refractivity contribution in [1.29, 1.82) is 0 Å². The normalized spacial score (nSPS) is 23.2. The Morgan fingerprint density at radius 3 is 2.18 bits per heavy atom. The number of rotatable bonds is 5. The first-order valence-corrected chi connectivity index (χ1v) is 16.7. The van der Waals surface area contributed by atoms with Crippen molar-refractivity contribution in [3.8, 4) is 5.75 Å². The van der Waals surface area contributed by atoms with Crippen molar-refractivity contribution in [3.63, 3.8) is 0 Å². The van der Waals surface area contributed by atoms with E-state index in [1.807, 2.05) is 79.7 Å². The largest absolute Gasteiger partial charge is 0.507 e. The number of aromatic hydroxyl groups is 1. The Kier molecular flexibility index (Phi) is 7.44. The van der Waals surface area contributed by atoms with Crippen LogP contribution in [-0.2, 0) is 19.2 Å². The number of amides is 2. The monoisotopic (exact) mass is 662 g/mol. The van der Waals surface area contributed by atoms with Crippen molar-refractivity contribution >= 4 is 56.9 Å². The number of phenols is 1. The smallest absolute Gasteiger partial charge is 0.238 e. The van der Waals surface area contributed by atoms with E-state index in [0.717, 1.165) is 16.6 Å². The van der Waals surface area contributed by atoms with Crippen LogP contribution in [0.3, 0.4) is 0 Å². The molecule has 1 fully saturated rings. The lowest BCUT2D eigenvalue weighted by Gasteiger charge is -2.42. The molecule has 0 radical (unpaired) electrons. The van der Waals surface area contributed by atoms with Gasteiger partial charge in [-0.3, -0.25) is 24.1 Å². The van der Waals surface area contributed by atoms with Crippen LogP contribution in [0.4, 0.5) is 22.7 Å². The van der Waals surface area contributed by atoms with E-state index in [9.17, 15) is 24.3 Å². The van der Waals surface area contributed by atoms with E-state index >= 15 is 0 Å². The van der Waals surface area contributed by atoms with Gasteiger partial charge in [0.15, 0.2) is 11.6 Å². The van der Waals surface area contributed by atoms with Crippen molar-refractivity contribution in [3.05, 3.63) is 125 Å². The van der Waals surface area contributed by atoms with Crippen LogP contribution in [0, 0.1) is 17.8 Å². The highest BCUT2D eigenvalue weighted by Gasteiger charge is 2.56. The quantitative estimate of drug-likeness (QED) is 0.101. The van der Waals surface area contributed by atoms with Gasteiger partial charge in [0.25, 0.3) is 0 Å².